The Morgan fingerprint density at radius 1 is 1.27 bits per heavy atom. The summed E-state index contributed by atoms with van der Waals surface area (Å²) in [6.07, 6.45) is 0. The van der Waals surface area contributed by atoms with E-state index in [1.807, 2.05) is 0 Å². The van der Waals surface area contributed by atoms with Crippen molar-refractivity contribution < 1.29 is 18.9 Å². The number of methoxy groups -OCH3 is 1. The second-order valence-electron chi connectivity index (χ2n) is 4.99. The molecule has 0 unspecified atom stereocenters. The number of rotatable bonds is 5. The third-order valence-electron chi connectivity index (χ3n) is 3.38. The van der Waals surface area contributed by atoms with E-state index in [0.29, 0.717) is 10.8 Å². The third kappa shape index (κ3) is 3.47. The molecule has 0 saturated carbocycles. The van der Waals surface area contributed by atoms with E-state index < -0.39 is 10.8 Å². The number of anilines is 1. The maximum Gasteiger partial charge on any atom is 0.322 e. The van der Waals surface area contributed by atoms with Crippen molar-refractivity contribution in [1.82, 2.24) is 10.2 Å². The van der Waals surface area contributed by atoms with Gasteiger partial charge in [0, 0.05) is 11.1 Å². The summed E-state index contributed by atoms with van der Waals surface area (Å²) in [5.74, 6) is -0.363. The SMILES string of the molecule is COc1ccc(Cl)cc1C(=O)Nc1nnc(-c2ccccc2[N+](=O)[O-])o1. The van der Waals surface area contributed by atoms with Crippen molar-refractivity contribution in [3.63, 3.8) is 0 Å². The molecule has 0 atom stereocenters. The van der Waals surface area contributed by atoms with Gasteiger partial charge >= 0.3 is 6.01 Å². The van der Waals surface area contributed by atoms with E-state index >= 15 is 0 Å². The lowest BCUT2D eigenvalue weighted by molar-refractivity contribution is -0.384. The molecule has 0 bridgehead atoms. The second-order valence-corrected chi connectivity index (χ2v) is 5.42. The number of amides is 1. The van der Waals surface area contributed by atoms with Crippen molar-refractivity contribution in [2.75, 3.05) is 12.4 Å². The normalized spacial score (nSPS) is 10.4. The number of hydrogen-bond acceptors (Lipinski definition) is 7. The number of nitro benzene ring substituents is 1. The van der Waals surface area contributed by atoms with Crippen LogP contribution in [0.4, 0.5) is 11.7 Å². The van der Waals surface area contributed by atoms with Crippen LogP contribution in [0.15, 0.2) is 46.9 Å². The van der Waals surface area contributed by atoms with Gasteiger partial charge in [0.25, 0.3) is 17.5 Å². The predicted molar refractivity (Wildman–Crippen MR) is 92.3 cm³/mol. The van der Waals surface area contributed by atoms with Gasteiger partial charge in [-0.3, -0.25) is 20.2 Å². The molecule has 0 aliphatic rings. The van der Waals surface area contributed by atoms with Crippen molar-refractivity contribution in [3.8, 4) is 17.2 Å². The van der Waals surface area contributed by atoms with Crippen molar-refractivity contribution in [1.29, 1.82) is 0 Å². The summed E-state index contributed by atoms with van der Waals surface area (Å²) in [6.45, 7) is 0. The Kier molecular flexibility index (Phi) is 4.81. The highest BCUT2D eigenvalue weighted by atomic mass is 35.5. The molecule has 10 heteroatoms. The maximum atomic E-state index is 12.4. The third-order valence-corrected chi connectivity index (χ3v) is 3.62. The Morgan fingerprint density at radius 2 is 2.04 bits per heavy atom. The summed E-state index contributed by atoms with van der Waals surface area (Å²) in [5.41, 5.74) is 0.127. The van der Waals surface area contributed by atoms with Crippen molar-refractivity contribution in [2.24, 2.45) is 0 Å². The van der Waals surface area contributed by atoms with Gasteiger partial charge in [0.15, 0.2) is 0 Å². The Balaban J connectivity index is 1.87. The van der Waals surface area contributed by atoms with Crippen LogP contribution in [0.1, 0.15) is 10.4 Å². The summed E-state index contributed by atoms with van der Waals surface area (Å²) in [7, 11) is 1.42. The van der Waals surface area contributed by atoms with Gasteiger partial charge in [-0.25, -0.2) is 0 Å². The first-order valence-corrected chi connectivity index (χ1v) is 7.59. The number of nitrogens with zero attached hydrogens (tertiary/aromatic N) is 3. The highest BCUT2D eigenvalue weighted by Crippen LogP contribution is 2.29. The smallest absolute Gasteiger partial charge is 0.322 e. The Hall–Kier alpha value is -3.46. The van der Waals surface area contributed by atoms with Gasteiger partial charge in [-0.15, -0.1) is 5.10 Å². The molecule has 132 valence electrons. The van der Waals surface area contributed by atoms with Crippen LogP contribution in [0.25, 0.3) is 11.5 Å². The summed E-state index contributed by atoms with van der Waals surface area (Å²) in [4.78, 5) is 22.9. The first-order chi connectivity index (χ1) is 12.5. The number of halogens is 1. The number of carbonyl (C=O) groups excluding carboxylic acids is 1. The molecule has 0 aliphatic carbocycles. The minimum Gasteiger partial charge on any atom is -0.496 e. The van der Waals surface area contributed by atoms with Gasteiger partial charge in [0.2, 0.25) is 0 Å². The average Bonchev–Trinajstić information content (AvgIpc) is 3.10. The van der Waals surface area contributed by atoms with E-state index in [1.165, 1.54) is 31.4 Å². The van der Waals surface area contributed by atoms with Crippen LogP contribution >= 0.6 is 11.6 Å². The zero-order valence-electron chi connectivity index (χ0n) is 13.3. The zero-order chi connectivity index (χ0) is 18.7. The molecule has 26 heavy (non-hydrogen) atoms. The van der Waals surface area contributed by atoms with Crippen molar-refractivity contribution >= 4 is 29.2 Å². The topological polar surface area (TPSA) is 120 Å². The first kappa shape index (κ1) is 17.4. The zero-order valence-corrected chi connectivity index (χ0v) is 14.1. The average molecular weight is 375 g/mol. The van der Waals surface area contributed by atoms with Crippen LogP contribution in [0.5, 0.6) is 5.75 Å². The highest BCUT2D eigenvalue weighted by molar-refractivity contribution is 6.31. The first-order valence-electron chi connectivity index (χ1n) is 7.22. The Labute approximate surface area is 151 Å². The molecular weight excluding hydrogens is 364 g/mol. The Morgan fingerprint density at radius 3 is 2.77 bits per heavy atom. The van der Waals surface area contributed by atoms with Crippen LogP contribution in [0, 0.1) is 10.1 Å². The van der Waals surface area contributed by atoms with Crippen LogP contribution < -0.4 is 10.1 Å². The highest BCUT2D eigenvalue weighted by Gasteiger charge is 2.21. The molecule has 1 aromatic heterocycles. The predicted octanol–water partition coefficient (Wildman–Crippen LogP) is 3.56. The van der Waals surface area contributed by atoms with Crippen molar-refractivity contribution in [2.45, 2.75) is 0 Å². The van der Waals surface area contributed by atoms with Crippen LogP contribution in [-0.4, -0.2) is 28.1 Å². The molecule has 1 N–H and O–H groups in total. The number of aromatic nitrogens is 2. The lowest BCUT2D eigenvalue weighted by atomic mass is 10.2. The fourth-order valence-corrected chi connectivity index (χ4v) is 2.39. The van der Waals surface area contributed by atoms with E-state index in [2.05, 4.69) is 15.5 Å². The van der Waals surface area contributed by atoms with Crippen LogP contribution in [0.3, 0.4) is 0 Å². The number of nitrogens with one attached hydrogen (secondary N) is 1. The van der Waals surface area contributed by atoms with Gasteiger partial charge in [0.1, 0.15) is 11.3 Å². The van der Waals surface area contributed by atoms with Crippen LogP contribution in [0.2, 0.25) is 5.02 Å². The van der Waals surface area contributed by atoms with Gasteiger partial charge < -0.3 is 9.15 Å². The minimum absolute atomic E-state index is 0.0920. The van der Waals surface area contributed by atoms with E-state index in [-0.39, 0.29) is 28.7 Å². The van der Waals surface area contributed by atoms with Crippen molar-refractivity contribution in [3.05, 3.63) is 63.2 Å². The molecule has 3 rings (SSSR count). The molecular formula is C16H11ClN4O5. The molecule has 0 radical (unpaired) electrons. The van der Waals surface area contributed by atoms with Gasteiger partial charge in [0.05, 0.1) is 17.6 Å². The van der Waals surface area contributed by atoms with Gasteiger partial charge in [-0.2, -0.15) is 0 Å². The van der Waals surface area contributed by atoms with E-state index in [0.717, 1.165) is 0 Å². The second kappa shape index (κ2) is 7.19. The van der Waals surface area contributed by atoms with E-state index in [4.69, 9.17) is 20.8 Å². The van der Waals surface area contributed by atoms with Crippen LogP contribution in [-0.2, 0) is 0 Å². The molecule has 1 heterocycles. The number of nitro groups is 1. The Bertz CT molecular complexity index is 988. The fourth-order valence-electron chi connectivity index (χ4n) is 2.22. The number of benzene rings is 2. The lowest BCUT2D eigenvalue weighted by Crippen LogP contribution is -2.13. The number of para-hydroxylation sites is 1. The number of ether oxygens (including phenoxy) is 1. The summed E-state index contributed by atoms with van der Waals surface area (Å²) < 4.78 is 10.4. The molecule has 1 amide bonds. The number of hydrogen-bond donors (Lipinski definition) is 1. The van der Waals surface area contributed by atoms with Gasteiger partial charge in [-0.05, 0) is 24.3 Å². The molecule has 3 aromatic rings. The molecule has 0 fully saturated rings. The minimum atomic E-state index is -0.581. The quantitative estimate of drug-likeness (QED) is 0.535. The molecule has 9 nitrogen and oxygen atoms in total. The molecule has 0 aliphatic heterocycles. The van der Waals surface area contributed by atoms with E-state index in [1.54, 1.807) is 18.2 Å². The summed E-state index contributed by atoms with van der Waals surface area (Å²) in [5, 5.41) is 21.3. The van der Waals surface area contributed by atoms with E-state index in [9.17, 15) is 14.9 Å². The summed E-state index contributed by atoms with van der Waals surface area (Å²) >= 11 is 5.90. The standard InChI is InChI=1S/C16H11ClN4O5/c1-25-13-7-6-9(17)8-11(13)14(22)18-16-20-19-15(26-16)10-4-2-3-5-12(10)21(23)24/h2-8H,1H3,(H,18,20,22). The summed E-state index contributed by atoms with van der Waals surface area (Å²) in [6, 6.07) is 10.2. The van der Waals surface area contributed by atoms with Gasteiger partial charge in [-0.1, -0.05) is 28.8 Å². The fraction of sp³-hybridized carbons (Fsp3) is 0.0625. The molecule has 0 spiro atoms. The molecule has 2 aromatic carbocycles. The lowest BCUT2D eigenvalue weighted by Gasteiger charge is -2.07. The maximum absolute atomic E-state index is 12.4. The number of carbonyl (C=O) groups is 1. The molecule has 0 saturated heterocycles. The largest absolute Gasteiger partial charge is 0.496 e. The monoisotopic (exact) mass is 374 g/mol.